The van der Waals surface area contributed by atoms with Gasteiger partial charge in [0, 0.05) is 23.8 Å². The number of carbonyl (C=O) groups excluding carboxylic acids is 3. The van der Waals surface area contributed by atoms with Crippen LogP contribution in [0.1, 0.15) is 31.0 Å². The van der Waals surface area contributed by atoms with Gasteiger partial charge in [0.2, 0.25) is 0 Å². The van der Waals surface area contributed by atoms with E-state index in [0.29, 0.717) is 18.5 Å². The molecule has 0 fully saturated rings. The SMILES string of the molecule is COc1ccc(CCNC(=O)C(=O)N[C@@H]2C(=O)N(C(C)C)c3ccccc32)cc1. The van der Waals surface area contributed by atoms with Gasteiger partial charge in [-0.2, -0.15) is 0 Å². The number of anilines is 1. The van der Waals surface area contributed by atoms with Crippen LogP contribution in [0.4, 0.5) is 5.69 Å². The van der Waals surface area contributed by atoms with E-state index < -0.39 is 17.9 Å². The summed E-state index contributed by atoms with van der Waals surface area (Å²) in [6.45, 7) is 4.13. The van der Waals surface area contributed by atoms with Crippen molar-refractivity contribution in [2.75, 3.05) is 18.6 Å². The number of hydrogen-bond acceptors (Lipinski definition) is 4. The number of amides is 3. The highest BCUT2D eigenvalue weighted by Gasteiger charge is 2.39. The minimum absolute atomic E-state index is 0.0520. The lowest BCUT2D eigenvalue weighted by Crippen LogP contribution is -2.45. The van der Waals surface area contributed by atoms with Gasteiger partial charge in [-0.1, -0.05) is 30.3 Å². The van der Waals surface area contributed by atoms with E-state index in [4.69, 9.17) is 4.74 Å². The number of hydrogen-bond donors (Lipinski definition) is 2. The van der Waals surface area contributed by atoms with E-state index in [1.54, 1.807) is 18.1 Å². The third-order valence-electron chi connectivity index (χ3n) is 4.85. The first-order valence-electron chi connectivity index (χ1n) is 9.56. The van der Waals surface area contributed by atoms with Crippen LogP contribution in [0.5, 0.6) is 5.75 Å². The van der Waals surface area contributed by atoms with Crippen molar-refractivity contribution in [2.45, 2.75) is 32.4 Å². The summed E-state index contributed by atoms with van der Waals surface area (Å²) in [5.74, 6) is -1.06. The second-order valence-corrected chi connectivity index (χ2v) is 7.12. The minimum Gasteiger partial charge on any atom is -0.497 e. The first-order valence-corrected chi connectivity index (χ1v) is 9.56. The normalized spacial score (nSPS) is 15.2. The predicted molar refractivity (Wildman–Crippen MR) is 110 cm³/mol. The van der Waals surface area contributed by atoms with E-state index in [1.165, 1.54) is 0 Å². The average molecular weight is 395 g/mol. The number of carbonyl (C=O) groups is 3. The highest BCUT2D eigenvalue weighted by molar-refractivity contribution is 6.35. The fraction of sp³-hybridized carbons (Fsp3) is 0.318. The lowest BCUT2D eigenvalue weighted by Gasteiger charge is -2.22. The van der Waals surface area contributed by atoms with E-state index >= 15 is 0 Å². The summed E-state index contributed by atoms with van der Waals surface area (Å²) in [6.07, 6.45) is 0.579. The number of nitrogens with one attached hydrogen (secondary N) is 2. The van der Waals surface area contributed by atoms with Gasteiger partial charge in [-0.3, -0.25) is 14.4 Å². The Bertz CT molecular complexity index is 909. The Kier molecular flexibility index (Phi) is 6.16. The zero-order chi connectivity index (χ0) is 21.0. The number of para-hydroxylation sites is 1. The molecule has 29 heavy (non-hydrogen) atoms. The van der Waals surface area contributed by atoms with Gasteiger partial charge >= 0.3 is 11.8 Å². The quantitative estimate of drug-likeness (QED) is 0.732. The van der Waals surface area contributed by atoms with Crippen molar-refractivity contribution < 1.29 is 19.1 Å². The van der Waals surface area contributed by atoms with Crippen LogP contribution in [0.15, 0.2) is 48.5 Å². The molecule has 3 amide bonds. The van der Waals surface area contributed by atoms with Crippen LogP contribution < -0.4 is 20.3 Å². The van der Waals surface area contributed by atoms with Gasteiger partial charge in [-0.25, -0.2) is 0 Å². The molecule has 2 N–H and O–H groups in total. The summed E-state index contributed by atoms with van der Waals surface area (Å²) < 4.78 is 5.11. The maximum absolute atomic E-state index is 12.8. The fourth-order valence-electron chi connectivity index (χ4n) is 3.40. The van der Waals surface area contributed by atoms with Gasteiger partial charge in [0.25, 0.3) is 5.91 Å². The molecule has 2 aromatic rings. The monoisotopic (exact) mass is 395 g/mol. The molecule has 0 radical (unpaired) electrons. The molecule has 1 heterocycles. The molecule has 0 aliphatic carbocycles. The Balaban J connectivity index is 1.58. The lowest BCUT2D eigenvalue weighted by atomic mass is 10.1. The summed E-state index contributed by atoms with van der Waals surface area (Å²) in [4.78, 5) is 39.0. The number of fused-ring (bicyclic) bond motifs is 1. The third-order valence-corrected chi connectivity index (χ3v) is 4.85. The molecule has 1 aliphatic rings. The zero-order valence-electron chi connectivity index (χ0n) is 16.8. The topological polar surface area (TPSA) is 87.7 Å². The van der Waals surface area contributed by atoms with Crippen LogP contribution in [0.3, 0.4) is 0 Å². The number of ether oxygens (including phenoxy) is 1. The molecular formula is C22H25N3O4. The molecule has 152 valence electrons. The largest absolute Gasteiger partial charge is 0.497 e. The first-order chi connectivity index (χ1) is 13.9. The molecule has 0 unspecified atom stereocenters. The highest BCUT2D eigenvalue weighted by Crippen LogP contribution is 2.36. The molecular weight excluding hydrogens is 370 g/mol. The van der Waals surface area contributed by atoms with Gasteiger partial charge in [0.1, 0.15) is 11.8 Å². The van der Waals surface area contributed by atoms with Gasteiger partial charge in [-0.15, -0.1) is 0 Å². The molecule has 1 atom stereocenters. The molecule has 7 nitrogen and oxygen atoms in total. The summed E-state index contributed by atoms with van der Waals surface area (Å²) >= 11 is 0. The van der Waals surface area contributed by atoms with Crippen LogP contribution in [0.2, 0.25) is 0 Å². The van der Waals surface area contributed by atoms with Crippen molar-refractivity contribution in [3.8, 4) is 5.75 Å². The Hall–Kier alpha value is -3.35. The Labute approximate surface area is 170 Å². The van der Waals surface area contributed by atoms with E-state index in [9.17, 15) is 14.4 Å². The number of rotatable bonds is 6. The average Bonchev–Trinajstić information content (AvgIpc) is 3.00. The number of nitrogens with zero attached hydrogens (tertiary/aromatic N) is 1. The van der Waals surface area contributed by atoms with Crippen molar-refractivity contribution in [1.29, 1.82) is 0 Å². The molecule has 2 aromatic carbocycles. The van der Waals surface area contributed by atoms with Crippen LogP contribution in [-0.4, -0.2) is 37.4 Å². The summed E-state index contributed by atoms with van der Waals surface area (Å²) in [7, 11) is 1.60. The van der Waals surface area contributed by atoms with Gasteiger partial charge in [0.15, 0.2) is 0 Å². The van der Waals surface area contributed by atoms with Gasteiger partial charge in [-0.05, 0) is 44.0 Å². The number of benzene rings is 2. The van der Waals surface area contributed by atoms with E-state index in [2.05, 4.69) is 10.6 Å². The molecule has 0 bridgehead atoms. The number of methoxy groups -OCH3 is 1. The van der Waals surface area contributed by atoms with Gasteiger partial charge < -0.3 is 20.3 Å². The lowest BCUT2D eigenvalue weighted by molar-refractivity contribution is -0.140. The zero-order valence-corrected chi connectivity index (χ0v) is 16.8. The Morgan fingerprint density at radius 2 is 1.76 bits per heavy atom. The Morgan fingerprint density at radius 1 is 1.07 bits per heavy atom. The molecule has 0 saturated heterocycles. The molecule has 0 saturated carbocycles. The molecule has 3 rings (SSSR count). The molecule has 1 aliphatic heterocycles. The van der Waals surface area contributed by atoms with E-state index in [-0.39, 0.29) is 11.9 Å². The molecule has 0 aromatic heterocycles. The maximum Gasteiger partial charge on any atom is 0.310 e. The fourth-order valence-corrected chi connectivity index (χ4v) is 3.40. The van der Waals surface area contributed by atoms with E-state index in [0.717, 1.165) is 17.0 Å². The van der Waals surface area contributed by atoms with Crippen molar-refractivity contribution in [3.05, 3.63) is 59.7 Å². The maximum atomic E-state index is 12.8. The minimum atomic E-state index is -0.853. The molecule has 7 heteroatoms. The second-order valence-electron chi connectivity index (χ2n) is 7.12. The van der Waals surface area contributed by atoms with E-state index in [1.807, 2.05) is 56.3 Å². The third kappa shape index (κ3) is 4.39. The van der Waals surface area contributed by atoms with Crippen LogP contribution >= 0.6 is 0 Å². The standard InChI is InChI=1S/C22H25N3O4/c1-14(2)25-18-7-5-4-6-17(18)19(22(25)28)24-21(27)20(26)23-13-12-15-8-10-16(29-3)11-9-15/h4-11,14,19H,12-13H2,1-3H3,(H,23,26)(H,24,27)/t19-/m0/s1. The van der Waals surface area contributed by atoms with Crippen LogP contribution in [0, 0.1) is 0 Å². The van der Waals surface area contributed by atoms with Crippen molar-refractivity contribution in [1.82, 2.24) is 10.6 Å². The summed E-state index contributed by atoms with van der Waals surface area (Å²) in [5, 5.41) is 5.17. The first kappa shape index (κ1) is 20.4. The van der Waals surface area contributed by atoms with Gasteiger partial charge in [0.05, 0.1) is 7.11 Å². The van der Waals surface area contributed by atoms with Crippen LogP contribution in [0.25, 0.3) is 0 Å². The van der Waals surface area contributed by atoms with Crippen LogP contribution in [-0.2, 0) is 20.8 Å². The second kappa shape index (κ2) is 8.77. The predicted octanol–water partition coefficient (Wildman–Crippen LogP) is 1.97. The van der Waals surface area contributed by atoms with Crippen molar-refractivity contribution in [2.24, 2.45) is 0 Å². The smallest absolute Gasteiger partial charge is 0.310 e. The summed E-state index contributed by atoms with van der Waals surface area (Å²) in [5.41, 5.74) is 2.47. The van der Waals surface area contributed by atoms with Crippen molar-refractivity contribution >= 4 is 23.4 Å². The van der Waals surface area contributed by atoms with Crippen molar-refractivity contribution in [3.63, 3.8) is 0 Å². The Morgan fingerprint density at radius 3 is 2.41 bits per heavy atom. The highest BCUT2D eigenvalue weighted by atomic mass is 16.5. The summed E-state index contributed by atoms with van der Waals surface area (Å²) in [6, 6.07) is 13.9. The molecule has 0 spiro atoms.